The van der Waals surface area contributed by atoms with E-state index in [0.29, 0.717) is 22.7 Å². The number of nitrogens with two attached hydrogens (primary N) is 3. The summed E-state index contributed by atoms with van der Waals surface area (Å²) in [6, 6.07) is 7.05. The number of aromatic nitrogens is 12. The van der Waals surface area contributed by atoms with Crippen LogP contribution in [0.15, 0.2) is 49.3 Å². The molecule has 3 saturated heterocycles. The van der Waals surface area contributed by atoms with E-state index in [-0.39, 0.29) is 51.2 Å². The van der Waals surface area contributed by atoms with Crippen molar-refractivity contribution in [2.24, 2.45) is 0 Å². The zero-order chi connectivity index (χ0) is 57.9. The summed E-state index contributed by atoms with van der Waals surface area (Å²) < 4.78 is 93.7. The maximum atomic E-state index is 15.3. The number of halogens is 4. The highest BCUT2D eigenvalue weighted by Gasteiger charge is 2.49. The third-order valence-electron chi connectivity index (χ3n) is 12.2. The second-order valence-electron chi connectivity index (χ2n) is 18.1. The number of ether oxygens (including phenoxy) is 4. The molecule has 0 amide bonds. The van der Waals surface area contributed by atoms with Gasteiger partial charge >= 0.3 is 13.7 Å². The van der Waals surface area contributed by atoms with Gasteiger partial charge in [0.25, 0.3) is 0 Å². The predicted octanol–water partition coefficient (Wildman–Crippen LogP) is 0.870. The number of fused-ring (bicyclic) bond motifs is 3. The Morgan fingerprint density at radius 2 is 1.10 bits per heavy atom. The van der Waals surface area contributed by atoms with E-state index in [4.69, 9.17) is 67.0 Å². The number of hydrogen-bond donors (Lipinski definition) is 11. The molecular formula is C44H57ClF3N18O13P. The van der Waals surface area contributed by atoms with Crippen LogP contribution in [0.1, 0.15) is 39.5 Å². The van der Waals surface area contributed by atoms with Crippen molar-refractivity contribution in [1.82, 2.24) is 63.6 Å². The minimum atomic E-state index is -4.26. The van der Waals surface area contributed by atoms with E-state index in [9.17, 15) is 33.5 Å². The number of nitrogens with zero attached hydrogens (tertiary/aromatic N) is 12. The number of carbonyl (C=O) groups excluding carboxylic acids is 1. The van der Waals surface area contributed by atoms with Gasteiger partial charge in [-0.25, -0.2) is 32.7 Å². The van der Waals surface area contributed by atoms with Crippen LogP contribution in [0.3, 0.4) is 0 Å². The van der Waals surface area contributed by atoms with Crippen molar-refractivity contribution < 1.29 is 76.1 Å². The first-order chi connectivity index (χ1) is 38.1. The number of nitrogens with one attached hydrogen (secondary N) is 3. The molecule has 3 aliphatic heterocycles. The third kappa shape index (κ3) is 12.3. The van der Waals surface area contributed by atoms with Crippen LogP contribution >= 0.6 is 19.3 Å². The topological polar surface area (TPSA) is 436 Å². The minimum Gasteiger partial charge on any atom is -0.462 e. The second kappa shape index (κ2) is 24.8. The first-order valence-electron chi connectivity index (χ1n) is 24.2. The van der Waals surface area contributed by atoms with E-state index in [1.165, 1.54) is 39.6 Å². The fourth-order valence-corrected chi connectivity index (χ4v) is 10.1. The van der Waals surface area contributed by atoms with E-state index < -0.39 is 120 Å². The molecule has 0 unspecified atom stereocenters. The fraction of sp³-hybridized carbons (Fsp3) is 0.500. The number of carbonyl (C=O) groups is 1. The molecule has 14 atom stereocenters. The molecule has 3 aliphatic rings. The predicted molar refractivity (Wildman–Crippen MR) is 276 cm³/mol. The Morgan fingerprint density at radius 1 is 0.688 bits per heavy atom. The number of esters is 1. The van der Waals surface area contributed by atoms with Gasteiger partial charge in [-0.05, 0) is 32.9 Å². The lowest BCUT2D eigenvalue weighted by molar-refractivity contribution is -0.149. The molecule has 0 saturated carbocycles. The van der Waals surface area contributed by atoms with Gasteiger partial charge in [-0.15, -0.1) is 0 Å². The first-order valence-corrected chi connectivity index (χ1v) is 26.2. The number of anilines is 5. The Bertz CT molecular complexity index is 3320. The number of aliphatic hydroxyl groups excluding tert-OH is 5. The van der Waals surface area contributed by atoms with Gasteiger partial charge in [0.2, 0.25) is 17.8 Å². The lowest BCUT2D eigenvalue weighted by Gasteiger charge is -2.25. The molecule has 6 aromatic heterocycles. The summed E-state index contributed by atoms with van der Waals surface area (Å²) in [4.78, 5) is 48.5. The van der Waals surface area contributed by atoms with Crippen molar-refractivity contribution in [1.29, 1.82) is 0 Å². The summed E-state index contributed by atoms with van der Waals surface area (Å²) in [5, 5.41) is 56.3. The normalized spacial score (nSPS) is 26.6. The maximum Gasteiger partial charge on any atom is 0.459 e. The summed E-state index contributed by atoms with van der Waals surface area (Å²) in [7, 11) is -0.990. The number of imidazole rings is 3. The van der Waals surface area contributed by atoms with Crippen molar-refractivity contribution in [3.05, 3.63) is 54.5 Å². The molecule has 36 heteroatoms. The zero-order valence-corrected chi connectivity index (χ0v) is 44.5. The van der Waals surface area contributed by atoms with Crippen molar-refractivity contribution in [3.8, 4) is 5.75 Å². The summed E-state index contributed by atoms with van der Waals surface area (Å²) in [6.07, 6.45) is -13.3. The second-order valence-corrected chi connectivity index (χ2v) is 20.2. The molecule has 0 radical (unpaired) electrons. The SMILES string of the molecule is CNc1nc(N)nc2c1ncn2[C@@H]1O[C@H](CO)[C@@H](O)[C@H]1F.CNc1nc(N)nc2c1ncn2[C@@H]1O[C@H](CO[P@@](=O)(N[C@@H](C)C(=O)OC(C)C)Oc2ccccc2)[C@@H](O)[C@H]1F.Nc1nc(Cl)c2ncn([C@@H]3O[C@H](CO)[C@@H](O)[C@H]3F)c2n1. The van der Waals surface area contributed by atoms with Gasteiger partial charge in [-0.2, -0.15) is 35.0 Å². The molecule has 7 aromatic rings. The van der Waals surface area contributed by atoms with Crippen LogP contribution in [0.5, 0.6) is 5.75 Å². The van der Waals surface area contributed by atoms with Crippen molar-refractivity contribution in [3.63, 3.8) is 0 Å². The van der Waals surface area contributed by atoms with Crippen LogP contribution in [-0.2, 0) is 32.8 Å². The molecule has 1 aromatic carbocycles. The third-order valence-corrected chi connectivity index (χ3v) is 14.2. The minimum absolute atomic E-state index is 0.00117. The molecule has 9 heterocycles. The van der Waals surface area contributed by atoms with Crippen LogP contribution in [-0.4, -0.2) is 191 Å². The number of hydrogen-bond acceptors (Lipinski definition) is 27. The van der Waals surface area contributed by atoms with Gasteiger partial charge in [0, 0.05) is 14.1 Å². The average Bonchev–Trinajstić information content (AvgIpc) is 4.45. The van der Waals surface area contributed by atoms with Crippen LogP contribution in [0.2, 0.25) is 5.15 Å². The highest BCUT2D eigenvalue weighted by atomic mass is 35.5. The van der Waals surface area contributed by atoms with E-state index in [0.717, 1.165) is 0 Å². The Balaban J connectivity index is 0.000000172. The summed E-state index contributed by atoms with van der Waals surface area (Å²) in [5.41, 5.74) is 18.5. The van der Waals surface area contributed by atoms with Crippen LogP contribution in [0, 0.1) is 0 Å². The van der Waals surface area contributed by atoms with E-state index in [2.05, 4.69) is 60.6 Å². The number of alkyl halides is 3. The van der Waals surface area contributed by atoms with Crippen molar-refractivity contribution in [2.45, 2.75) is 107 Å². The number of para-hydroxylation sites is 1. The number of nitrogen functional groups attached to an aromatic ring is 3. The quantitative estimate of drug-likeness (QED) is 0.0363. The summed E-state index contributed by atoms with van der Waals surface area (Å²) in [5.74, 6) is 0.0927. The average molecular weight is 1170 g/mol. The lowest BCUT2D eigenvalue weighted by atomic mass is 10.1. The Hall–Kier alpha value is -6.95. The Kier molecular flexibility index (Phi) is 18.4. The van der Waals surface area contributed by atoms with Gasteiger partial charge < -0.3 is 76.8 Å². The zero-order valence-electron chi connectivity index (χ0n) is 42.9. The molecule has 80 heavy (non-hydrogen) atoms. The number of benzene rings is 1. The number of rotatable bonds is 16. The van der Waals surface area contributed by atoms with Gasteiger partial charge in [-0.3, -0.25) is 23.0 Å². The molecule has 14 N–H and O–H groups in total. The van der Waals surface area contributed by atoms with Gasteiger partial charge in [0.15, 0.2) is 82.0 Å². The van der Waals surface area contributed by atoms with Gasteiger partial charge in [0.1, 0.15) is 53.9 Å². The fourth-order valence-electron chi connectivity index (χ4n) is 8.40. The molecule has 0 bridgehead atoms. The molecule has 434 valence electrons. The lowest BCUT2D eigenvalue weighted by Crippen LogP contribution is -2.37. The van der Waals surface area contributed by atoms with Gasteiger partial charge in [-0.1, -0.05) is 29.8 Å². The Labute approximate surface area is 455 Å². The van der Waals surface area contributed by atoms with E-state index in [1.807, 2.05) is 0 Å². The maximum absolute atomic E-state index is 15.3. The van der Waals surface area contributed by atoms with E-state index >= 15 is 4.39 Å². The summed E-state index contributed by atoms with van der Waals surface area (Å²) in [6.45, 7) is 3.25. The largest absolute Gasteiger partial charge is 0.462 e. The molecule has 10 rings (SSSR count). The molecule has 0 aliphatic carbocycles. The van der Waals surface area contributed by atoms with Crippen LogP contribution < -0.4 is 37.4 Å². The smallest absolute Gasteiger partial charge is 0.459 e. The standard InChI is InChI=1S/C23H31FN7O7P.C11H15FN6O3.C10H11ClFN5O3/c1-12(2)36-22(33)13(3)30-39(34,38-14-8-6-5-7-9-14)35-10-15-18(32)16(24)21(37-15)31-11-27-17-19(26-4)28-23(25)29-20(17)31;1-14-8-6-9(17-11(13)16-8)18(3-15-6)10-5(12)7(20)4(2-19)21-10;11-7-5-8(16-10(13)15-7)17(2-14-5)9-4(12)6(19)3(1-18)20-9/h5-9,11-13,15-16,18,21,32H,10H2,1-4H3,(H,30,34)(H3,25,26,28,29);3-5,7,10,19-20H,2H2,1H3,(H3,13,14,16,17);2-4,6,9,18-19H,1H2,(H2,13,15,16)/t13-,15+,16+,18+,21+,39-;4-,5-,7-,10-;3-,4-,6-,9-/m011/s1. The Morgan fingerprint density at radius 3 is 1.52 bits per heavy atom. The monoisotopic (exact) mass is 1170 g/mol. The highest BCUT2D eigenvalue weighted by Crippen LogP contribution is 2.47. The van der Waals surface area contributed by atoms with Crippen molar-refractivity contribution >= 4 is 88.3 Å². The first kappa shape index (κ1) is 59.2. The summed E-state index contributed by atoms with van der Waals surface area (Å²) >= 11 is 5.87. The van der Waals surface area contributed by atoms with Crippen LogP contribution in [0.4, 0.5) is 42.7 Å². The van der Waals surface area contributed by atoms with Crippen LogP contribution in [0.25, 0.3) is 33.5 Å². The highest BCUT2D eigenvalue weighted by molar-refractivity contribution is 7.52. The van der Waals surface area contributed by atoms with Gasteiger partial charge in [0.05, 0.1) is 44.9 Å². The van der Waals surface area contributed by atoms with Crippen molar-refractivity contribution in [2.75, 3.05) is 61.8 Å². The van der Waals surface area contributed by atoms with E-state index in [1.54, 1.807) is 58.3 Å². The molecule has 3 fully saturated rings. The number of aliphatic hydroxyl groups is 5. The molecule has 31 nitrogen and oxygen atoms in total. The molecular weight excluding hydrogens is 1110 g/mol. The molecule has 0 spiro atoms.